The topological polar surface area (TPSA) is 40.8 Å². The molecular weight excluding hydrogens is 643 g/mol. The third-order valence-corrected chi connectivity index (χ3v) is 11.0. The number of nitrogens with one attached hydrogen (secondary N) is 1. The Morgan fingerprint density at radius 1 is 0.642 bits per heavy atom. The van der Waals surface area contributed by atoms with E-state index in [0.717, 1.165) is 18.1 Å². The van der Waals surface area contributed by atoms with E-state index in [1.807, 2.05) is 6.07 Å². The number of nitriles is 1. The molecule has 2 atom stereocenters. The number of rotatable bonds is 5. The van der Waals surface area contributed by atoms with E-state index in [-0.39, 0.29) is 11.8 Å². The van der Waals surface area contributed by atoms with Crippen molar-refractivity contribution < 1.29 is 0 Å². The molecule has 6 aromatic carbocycles. The van der Waals surface area contributed by atoms with Crippen molar-refractivity contribution >= 4 is 28.4 Å². The monoisotopic (exact) mass is 677 g/mol. The van der Waals surface area contributed by atoms with Crippen molar-refractivity contribution in [2.45, 2.75) is 5.92 Å². The minimum absolute atomic E-state index is 0.121. The lowest BCUT2D eigenvalue weighted by Gasteiger charge is -2.37. The van der Waals surface area contributed by atoms with Crippen LogP contribution in [0.15, 0.2) is 182 Å². The van der Waals surface area contributed by atoms with Crippen LogP contribution >= 0.6 is 0 Å². The first-order chi connectivity index (χ1) is 26.2. The summed E-state index contributed by atoms with van der Waals surface area (Å²) in [6.07, 6.45) is 13.4. The minimum atomic E-state index is 0.121. The first-order valence-corrected chi connectivity index (χ1v) is 18.3. The number of hydrogen-bond donors (Lipinski definition) is 1. The largest absolute Gasteiger partial charge is 0.367 e. The van der Waals surface area contributed by atoms with Crippen molar-refractivity contribution in [2.75, 3.05) is 11.9 Å². The normalized spacial score (nSPS) is 16.8. The van der Waals surface area contributed by atoms with Gasteiger partial charge >= 0.3 is 0 Å². The lowest BCUT2D eigenvalue weighted by atomic mass is 9.66. The highest BCUT2D eigenvalue weighted by Gasteiger charge is 2.35. The van der Waals surface area contributed by atoms with E-state index in [1.165, 1.54) is 72.1 Å². The molecule has 7 aromatic rings. The van der Waals surface area contributed by atoms with Gasteiger partial charge in [-0.05, 0) is 98.1 Å². The number of allylic oxidation sites excluding steroid dienone is 5. The van der Waals surface area contributed by atoms with Gasteiger partial charge in [0.2, 0.25) is 0 Å². The van der Waals surface area contributed by atoms with Gasteiger partial charge in [-0.15, -0.1) is 0 Å². The van der Waals surface area contributed by atoms with E-state index in [4.69, 9.17) is 0 Å². The molecule has 1 aliphatic heterocycles. The molecule has 0 spiro atoms. The molecule has 2 unspecified atom stereocenters. The Morgan fingerprint density at radius 2 is 1.40 bits per heavy atom. The van der Waals surface area contributed by atoms with E-state index in [0.29, 0.717) is 5.56 Å². The number of benzene rings is 6. The van der Waals surface area contributed by atoms with Crippen LogP contribution in [0.25, 0.3) is 50.5 Å². The van der Waals surface area contributed by atoms with Gasteiger partial charge in [0.25, 0.3) is 0 Å². The number of aromatic nitrogens is 1. The predicted molar refractivity (Wildman–Crippen MR) is 219 cm³/mol. The number of anilines is 1. The van der Waals surface area contributed by atoms with Crippen molar-refractivity contribution in [2.24, 2.45) is 5.92 Å². The Labute approximate surface area is 309 Å². The van der Waals surface area contributed by atoms with Crippen LogP contribution in [0.5, 0.6) is 0 Å². The summed E-state index contributed by atoms with van der Waals surface area (Å²) in [6.45, 7) is 0.793. The summed E-state index contributed by atoms with van der Waals surface area (Å²) in [7, 11) is 0. The molecule has 0 bridgehead atoms. The van der Waals surface area contributed by atoms with Gasteiger partial charge < -0.3 is 5.32 Å². The smallest absolute Gasteiger partial charge is 0.119 e. The molecule has 10 rings (SSSR count). The molecule has 3 heteroatoms. The van der Waals surface area contributed by atoms with Crippen LogP contribution in [-0.4, -0.2) is 11.1 Å². The highest BCUT2D eigenvalue weighted by Crippen LogP contribution is 2.50. The predicted octanol–water partition coefficient (Wildman–Crippen LogP) is 12.0. The van der Waals surface area contributed by atoms with Crippen molar-refractivity contribution in [3.8, 4) is 34.0 Å². The van der Waals surface area contributed by atoms with E-state index in [9.17, 15) is 5.26 Å². The Hall–Kier alpha value is -6.89. The van der Waals surface area contributed by atoms with E-state index < -0.39 is 0 Å². The van der Waals surface area contributed by atoms with Gasteiger partial charge in [0.15, 0.2) is 0 Å². The highest BCUT2D eigenvalue weighted by atomic mass is 15.1. The maximum atomic E-state index is 9.95. The fourth-order valence-corrected chi connectivity index (χ4v) is 8.68. The Bertz CT molecular complexity index is 2730. The molecule has 250 valence electrons. The molecule has 0 saturated heterocycles. The Balaban J connectivity index is 1.11. The van der Waals surface area contributed by atoms with Gasteiger partial charge in [0, 0.05) is 35.0 Å². The van der Waals surface area contributed by atoms with Crippen LogP contribution in [-0.2, 0) is 0 Å². The molecule has 0 radical (unpaired) electrons. The van der Waals surface area contributed by atoms with Gasteiger partial charge in [-0.25, -0.2) is 0 Å². The zero-order valence-electron chi connectivity index (χ0n) is 29.1. The van der Waals surface area contributed by atoms with Gasteiger partial charge in [0.05, 0.1) is 17.1 Å². The third kappa shape index (κ3) is 5.19. The summed E-state index contributed by atoms with van der Waals surface area (Å²) >= 11 is 0. The van der Waals surface area contributed by atoms with Gasteiger partial charge in [-0.1, -0.05) is 140 Å². The average molecular weight is 678 g/mol. The third-order valence-electron chi connectivity index (χ3n) is 11.0. The number of nitrogens with zero attached hydrogens (tertiary/aromatic N) is 2. The molecule has 0 saturated carbocycles. The second kappa shape index (κ2) is 12.7. The van der Waals surface area contributed by atoms with Crippen molar-refractivity contribution in [3.63, 3.8) is 0 Å². The van der Waals surface area contributed by atoms with Gasteiger partial charge in [-0.2, -0.15) is 5.26 Å². The molecule has 2 aliphatic carbocycles. The molecule has 53 heavy (non-hydrogen) atoms. The lowest BCUT2D eigenvalue weighted by molar-refractivity contribution is 0.648. The summed E-state index contributed by atoms with van der Waals surface area (Å²) in [5.41, 5.74) is 16.3. The van der Waals surface area contributed by atoms with E-state index in [1.54, 1.807) is 0 Å². The molecule has 0 fully saturated rings. The van der Waals surface area contributed by atoms with Crippen molar-refractivity contribution in [3.05, 3.63) is 215 Å². The fraction of sp³-hybridized carbons (Fsp3) is 0.0600. The lowest BCUT2D eigenvalue weighted by Crippen LogP contribution is -2.23. The minimum Gasteiger partial charge on any atom is -0.367 e. The van der Waals surface area contributed by atoms with Crippen LogP contribution in [0, 0.1) is 17.2 Å². The second-order valence-electron chi connectivity index (χ2n) is 14.0. The molecule has 0 amide bonds. The van der Waals surface area contributed by atoms with Crippen LogP contribution in [0.3, 0.4) is 0 Å². The molecule has 1 aromatic heterocycles. The van der Waals surface area contributed by atoms with E-state index in [2.05, 4.69) is 192 Å². The summed E-state index contributed by atoms with van der Waals surface area (Å²) in [4.78, 5) is 0. The summed E-state index contributed by atoms with van der Waals surface area (Å²) in [5, 5.41) is 14.9. The zero-order valence-corrected chi connectivity index (χ0v) is 29.1. The quantitative estimate of drug-likeness (QED) is 0.197. The van der Waals surface area contributed by atoms with Crippen LogP contribution in [0.1, 0.15) is 39.3 Å². The maximum absolute atomic E-state index is 9.95. The molecule has 3 nitrogen and oxygen atoms in total. The molecule has 1 N–H and O–H groups in total. The van der Waals surface area contributed by atoms with Crippen molar-refractivity contribution in [1.82, 2.24) is 4.57 Å². The molecular formula is C50H35N3. The Kier molecular flexibility index (Phi) is 7.41. The summed E-state index contributed by atoms with van der Waals surface area (Å²) in [5.74, 6) is 1.40. The summed E-state index contributed by atoms with van der Waals surface area (Å²) < 4.78 is 2.37. The van der Waals surface area contributed by atoms with Crippen LogP contribution in [0.2, 0.25) is 0 Å². The maximum Gasteiger partial charge on any atom is 0.119 e. The molecule has 3 aliphatic rings. The van der Waals surface area contributed by atoms with Crippen LogP contribution < -0.4 is 5.32 Å². The number of fused-ring (bicyclic) bond motifs is 5. The van der Waals surface area contributed by atoms with Gasteiger partial charge in [0.1, 0.15) is 5.82 Å². The SMILES string of the molecule is N#Cc1ccc2c(c1)C(c1ccccc1)C1C=CC=CC1=C2c1cccc(-c2ccc3c(c2)c2c(n3-c3cccc(-c4ccccc4)c3)NCC=C2)c1. The standard InChI is InChI=1S/C50H35N3/c51-32-33-23-25-43-46(28-33)48(35-14-5-2-6-15-35)41-20-7-8-21-42(41)49(43)39-18-9-16-36(29-39)38-24-26-47-45(31-38)44-22-11-27-52-50(44)53(47)40-19-10-17-37(30-40)34-12-3-1-4-13-34/h1-26,28-31,41,48,52H,27H2. The van der Waals surface area contributed by atoms with Crippen LogP contribution in [0.4, 0.5) is 5.82 Å². The second-order valence-corrected chi connectivity index (χ2v) is 14.0. The summed E-state index contributed by atoms with van der Waals surface area (Å²) in [6, 6.07) is 54.7. The van der Waals surface area contributed by atoms with Gasteiger partial charge in [-0.3, -0.25) is 4.57 Å². The zero-order chi connectivity index (χ0) is 35.3. The fourth-order valence-electron chi connectivity index (χ4n) is 8.68. The van der Waals surface area contributed by atoms with Crippen molar-refractivity contribution in [1.29, 1.82) is 5.26 Å². The average Bonchev–Trinajstić information content (AvgIpc) is 3.57. The van der Waals surface area contributed by atoms with E-state index >= 15 is 0 Å². The number of hydrogen-bond acceptors (Lipinski definition) is 2. The highest BCUT2D eigenvalue weighted by molar-refractivity contribution is 6.01. The first kappa shape index (κ1) is 30.9. The first-order valence-electron chi connectivity index (χ1n) is 18.3. The Morgan fingerprint density at radius 3 is 2.25 bits per heavy atom. The molecule has 2 heterocycles.